The molecule has 0 aliphatic carbocycles. The minimum Gasteiger partial charge on any atom is -0.489 e. The van der Waals surface area contributed by atoms with Gasteiger partial charge in [-0.05, 0) is 55.7 Å². The van der Waals surface area contributed by atoms with E-state index in [0.29, 0.717) is 43.8 Å². The summed E-state index contributed by atoms with van der Waals surface area (Å²) in [5, 5.41) is 0. The molecule has 0 heterocycles. The number of nitrogens with one attached hydrogen (secondary N) is 1. The van der Waals surface area contributed by atoms with Gasteiger partial charge in [-0.3, -0.25) is 14.9 Å². The van der Waals surface area contributed by atoms with Gasteiger partial charge in [-0.15, -0.1) is 0 Å². The highest BCUT2D eigenvalue weighted by atomic mass is 31.2. The number of hydroxylamine groups is 1. The number of aryl methyl sites for hydroxylation is 1. The van der Waals surface area contributed by atoms with Crippen molar-refractivity contribution in [2.75, 3.05) is 26.5 Å². The number of hydrogen-bond donors (Lipinski definition) is 1. The van der Waals surface area contributed by atoms with Crippen LogP contribution in [0.25, 0.3) is 5.70 Å². The van der Waals surface area contributed by atoms with Crippen molar-refractivity contribution in [1.82, 2.24) is 5.48 Å². The summed E-state index contributed by atoms with van der Waals surface area (Å²) < 4.78 is 35.0. The molecule has 0 aliphatic rings. The molecule has 0 amide bonds. The van der Waals surface area contributed by atoms with Crippen molar-refractivity contribution in [3.8, 4) is 11.5 Å². The van der Waals surface area contributed by atoms with Crippen LogP contribution in [-0.4, -0.2) is 26.5 Å². The lowest BCUT2D eigenvalue weighted by atomic mass is 10.2. The Balaban J connectivity index is 1.50. The highest BCUT2D eigenvalue weighted by molar-refractivity contribution is 7.53. The van der Waals surface area contributed by atoms with E-state index in [2.05, 4.69) is 5.48 Å². The molecule has 0 radical (unpaired) electrons. The summed E-state index contributed by atoms with van der Waals surface area (Å²) in [6.07, 6.45) is 2.58. The van der Waals surface area contributed by atoms with Gasteiger partial charge in [-0.2, -0.15) is 0 Å². The Hall–Kier alpha value is -3.09. The molecule has 0 atom stereocenters. The molecule has 3 aromatic carbocycles. The maximum Gasteiger partial charge on any atom is 0.330 e. The fraction of sp³-hybridized carbons (Fsp3) is 0.286. The minimum atomic E-state index is -3.04. The normalized spacial score (nSPS) is 11.8. The van der Waals surface area contributed by atoms with Crippen molar-refractivity contribution in [1.29, 1.82) is 0 Å². The van der Waals surface area contributed by atoms with Crippen molar-refractivity contribution in [2.24, 2.45) is 0 Å². The molecule has 0 saturated heterocycles. The van der Waals surface area contributed by atoms with Gasteiger partial charge in [0, 0.05) is 5.56 Å². The van der Waals surface area contributed by atoms with E-state index in [1.54, 1.807) is 13.4 Å². The Morgan fingerprint density at radius 3 is 2.06 bits per heavy atom. The maximum absolute atomic E-state index is 12.6. The fourth-order valence-electron chi connectivity index (χ4n) is 3.41. The third-order valence-electron chi connectivity index (χ3n) is 5.19. The molecule has 192 valence electrons. The van der Waals surface area contributed by atoms with E-state index in [1.165, 1.54) is 0 Å². The van der Waals surface area contributed by atoms with Crippen LogP contribution in [0.3, 0.4) is 0 Å². The van der Waals surface area contributed by atoms with E-state index in [9.17, 15) is 4.57 Å². The van der Waals surface area contributed by atoms with Crippen LogP contribution in [0.2, 0.25) is 0 Å². The van der Waals surface area contributed by atoms with Crippen LogP contribution < -0.4 is 15.0 Å². The summed E-state index contributed by atoms with van der Waals surface area (Å²) in [6.45, 7) is 4.80. The van der Waals surface area contributed by atoms with Crippen molar-refractivity contribution in [3.05, 3.63) is 102 Å². The lowest BCUT2D eigenvalue weighted by Crippen LogP contribution is -2.11. The Morgan fingerprint density at radius 2 is 1.44 bits per heavy atom. The van der Waals surface area contributed by atoms with Crippen LogP contribution in [0.4, 0.5) is 0 Å². The lowest BCUT2D eigenvalue weighted by molar-refractivity contribution is 0.135. The molecule has 0 aromatic heterocycles. The molecular formula is C28H34NO6P. The molecule has 0 aliphatic heterocycles. The maximum atomic E-state index is 12.6. The second kappa shape index (κ2) is 14.5. The zero-order valence-electron chi connectivity index (χ0n) is 21.0. The summed E-state index contributed by atoms with van der Waals surface area (Å²) >= 11 is 0. The molecule has 0 unspecified atom stereocenters. The lowest BCUT2D eigenvalue weighted by Gasteiger charge is -2.16. The number of rotatable bonds is 15. The first-order valence-electron chi connectivity index (χ1n) is 11.9. The van der Waals surface area contributed by atoms with Crippen LogP contribution in [0.1, 0.15) is 30.5 Å². The second-order valence-electron chi connectivity index (χ2n) is 7.82. The van der Waals surface area contributed by atoms with E-state index in [0.717, 1.165) is 22.4 Å². The summed E-state index contributed by atoms with van der Waals surface area (Å²) in [5.74, 6) is 1.46. The predicted molar refractivity (Wildman–Crippen MR) is 142 cm³/mol. The SMILES string of the molecule is CCOP(=O)(CCc1ccc(OCc2ccc(OC=C(NOC)c3ccccc3)cc2)cc1)OCC. The topological polar surface area (TPSA) is 75.3 Å². The van der Waals surface area contributed by atoms with E-state index in [-0.39, 0.29) is 0 Å². The van der Waals surface area contributed by atoms with Crippen LogP contribution in [-0.2, 0) is 31.5 Å². The molecule has 0 saturated carbocycles. The van der Waals surface area contributed by atoms with Gasteiger partial charge in [0.2, 0.25) is 0 Å². The summed E-state index contributed by atoms with van der Waals surface area (Å²) in [4.78, 5) is 5.06. The van der Waals surface area contributed by atoms with Gasteiger partial charge in [0.05, 0.1) is 26.5 Å². The van der Waals surface area contributed by atoms with Crippen LogP contribution in [0.15, 0.2) is 85.1 Å². The molecule has 1 N–H and O–H groups in total. The predicted octanol–water partition coefficient (Wildman–Crippen LogP) is 6.60. The van der Waals surface area contributed by atoms with Crippen molar-refractivity contribution in [3.63, 3.8) is 0 Å². The van der Waals surface area contributed by atoms with Crippen molar-refractivity contribution >= 4 is 13.3 Å². The molecule has 3 rings (SSSR count). The Morgan fingerprint density at radius 1 is 0.833 bits per heavy atom. The van der Waals surface area contributed by atoms with Gasteiger partial charge in [0.15, 0.2) is 0 Å². The number of hydrogen-bond acceptors (Lipinski definition) is 7. The van der Waals surface area contributed by atoms with Crippen LogP contribution in [0.5, 0.6) is 11.5 Å². The summed E-state index contributed by atoms with van der Waals surface area (Å²) in [5.41, 5.74) is 6.57. The number of ether oxygens (including phenoxy) is 2. The number of benzene rings is 3. The van der Waals surface area contributed by atoms with E-state index in [1.807, 2.05) is 92.7 Å². The third kappa shape index (κ3) is 8.85. The van der Waals surface area contributed by atoms with Gasteiger partial charge in [-0.25, -0.2) is 0 Å². The van der Waals surface area contributed by atoms with Crippen molar-refractivity contribution < 1.29 is 27.9 Å². The molecule has 0 spiro atoms. The zero-order valence-corrected chi connectivity index (χ0v) is 21.9. The summed E-state index contributed by atoms with van der Waals surface area (Å²) in [6, 6.07) is 25.3. The summed E-state index contributed by atoms with van der Waals surface area (Å²) in [7, 11) is -1.48. The van der Waals surface area contributed by atoms with Crippen LogP contribution >= 0.6 is 7.60 Å². The Kier molecular flexibility index (Phi) is 11.0. The van der Waals surface area contributed by atoms with Crippen molar-refractivity contribution in [2.45, 2.75) is 26.9 Å². The third-order valence-corrected chi connectivity index (χ3v) is 7.26. The zero-order chi connectivity index (χ0) is 25.6. The first kappa shape index (κ1) is 27.5. The average Bonchev–Trinajstić information content (AvgIpc) is 2.91. The van der Waals surface area contributed by atoms with Gasteiger partial charge >= 0.3 is 7.60 Å². The first-order valence-corrected chi connectivity index (χ1v) is 13.7. The van der Waals surface area contributed by atoms with Gasteiger partial charge < -0.3 is 18.5 Å². The fourth-order valence-corrected chi connectivity index (χ4v) is 5.07. The Labute approximate surface area is 213 Å². The first-order chi connectivity index (χ1) is 17.5. The highest BCUT2D eigenvalue weighted by Gasteiger charge is 2.22. The van der Waals surface area contributed by atoms with Gasteiger partial charge in [-0.1, -0.05) is 54.6 Å². The molecule has 36 heavy (non-hydrogen) atoms. The van der Waals surface area contributed by atoms with E-state index in [4.69, 9.17) is 23.4 Å². The monoisotopic (exact) mass is 511 g/mol. The highest BCUT2D eigenvalue weighted by Crippen LogP contribution is 2.48. The van der Waals surface area contributed by atoms with Gasteiger partial charge in [0.1, 0.15) is 30.1 Å². The smallest absolute Gasteiger partial charge is 0.330 e. The molecule has 0 fully saturated rings. The largest absolute Gasteiger partial charge is 0.489 e. The van der Waals surface area contributed by atoms with E-state index < -0.39 is 7.60 Å². The molecule has 3 aromatic rings. The van der Waals surface area contributed by atoms with Crippen LogP contribution in [0, 0.1) is 0 Å². The van der Waals surface area contributed by atoms with Gasteiger partial charge in [0.25, 0.3) is 0 Å². The minimum absolute atomic E-state index is 0.354. The second-order valence-corrected chi connectivity index (χ2v) is 10.0. The molecule has 7 nitrogen and oxygen atoms in total. The average molecular weight is 512 g/mol. The standard InChI is InChI=1S/C28H34NO6P/c1-4-34-36(30,35-5-2)20-19-23-11-15-26(16-12-23)32-21-24-13-17-27(18-14-24)33-22-28(29-31-3)25-9-7-6-8-10-25/h6-18,22,29H,4-5,19-21H2,1-3H3. The van der Waals surface area contributed by atoms with E-state index >= 15 is 0 Å². The Bertz CT molecular complexity index is 1110. The molecule has 0 bridgehead atoms. The molecule has 8 heteroatoms. The molecular weight excluding hydrogens is 477 g/mol. The quantitative estimate of drug-likeness (QED) is 0.140.